The van der Waals surface area contributed by atoms with Crippen LogP contribution in [0.4, 0.5) is 10.5 Å². The highest BCUT2D eigenvalue weighted by atomic mass is 16.5. The first-order valence-electron chi connectivity index (χ1n) is 9.05. The molecule has 1 aromatic rings. The van der Waals surface area contributed by atoms with E-state index >= 15 is 0 Å². The van der Waals surface area contributed by atoms with Crippen LogP contribution < -0.4 is 10.6 Å². The molecular weight excluding hydrogens is 322 g/mol. The minimum Gasteiger partial charge on any atom is -0.379 e. The zero-order valence-electron chi connectivity index (χ0n) is 15.2. The summed E-state index contributed by atoms with van der Waals surface area (Å²) in [5.74, 6) is 0. The Bertz CT molecular complexity index is 562. The summed E-state index contributed by atoms with van der Waals surface area (Å²) in [5, 5.41) is 10.1. The second-order valence-electron chi connectivity index (χ2n) is 7.31. The van der Waals surface area contributed by atoms with E-state index in [-0.39, 0.29) is 17.7 Å². The molecule has 1 unspecified atom stereocenters. The molecule has 3 rings (SSSR count). The van der Waals surface area contributed by atoms with Gasteiger partial charge in [0, 0.05) is 38.0 Å². The van der Waals surface area contributed by atoms with Crippen LogP contribution in [-0.2, 0) is 16.0 Å². The summed E-state index contributed by atoms with van der Waals surface area (Å²) in [7, 11) is 0. The fourth-order valence-corrected chi connectivity index (χ4v) is 3.28. The van der Waals surface area contributed by atoms with Crippen LogP contribution in [0.2, 0.25) is 0 Å². The number of rotatable bonds is 6. The van der Waals surface area contributed by atoms with Gasteiger partial charge in [0.1, 0.15) is 0 Å². The van der Waals surface area contributed by atoms with Gasteiger partial charge in [0.15, 0.2) is 0 Å². The quantitative estimate of drug-likeness (QED) is 0.807. The lowest BCUT2D eigenvalue weighted by molar-refractivity contribution is -0.00863. The fraction of sp³-hybridized carbons (Fsp3) is 0.765. The van der Waals surface area contributed by atoms with Crippen molar-refractivity contribution in [3.63, 3.8) is 0 Å². The maximum absolute atomic E-state index is 12.2. The van der Waals surface area contributed by atoms with Gasteiger partial charge in [-0.1, -0.05) is 0 Å². The predicted molar refractivity (Wildman–Crippen MR) is 94.7 cm³/mol. The van der Waals surface area contributed by atoms with E-state index in [1.165, 1.54) is 0 Å². The highest BCUT2D eigenvalue weighted by Gasteiger charge is 2.28. The maximum atomic E-state index is 12.2. The SMILES string of the molecule is CC(C)(CNC(=O)Nc1cnn(CC2CCCO2)c1)N1CCOCC1. The average Bonchev–Trinajstić information content (AvgIpc) is 3.27. The molecule has 8 nitrogen and oxygen atoms in total. The molecule has 2 N–H and O–H groups in total. The molecule has 3 heterocycles. The molecule has 0 radical (unpaired) electrons. The average molecular weight is 351 g/mol. The highest BCUT2D eigenvalue weighted by molar-refractivity contribution is 5.88. The van der Waals surface area contributed by atoms with Crippen molar-refractivity contribution in [3.8, 4) is 0 Å². The Hall–Kier alpha value is -1.64. The van der Waals surface area contributed by atoms with Gasteiger partial charge in [0.2, 0.25) is 0 Å². The Morgan fingerprint density at radius 2 is 2.16 bits per heavy atom. The maximum Gasteiger partial charge on any atom is 0.319 e. The van der Waals surface area contributed by atoms with Crippen LogP contribution in [0.25, 0.3) is 0 Å². The number of hydrogen-bond acceptors (Lipinski definition) is 5. The molecular formula is C17H29N5O3. The molecule has 2 saturated heterocycles. The largest absolute Gasteiger partial charge is 0.379 e. The van der Waals surface area contributed by atoms with Crippen molar-refractivity contribution >= 4 is 11.7 Å². The van der Waals surface area contributed by atoms with Crippen LogP contribution in [0.1, 0.15) is 26.7 Å². The minimum absolute atomic E-state index is 0.106. The van der Waals surface area contributed by atoms with Crippen molar-refractivity contribution in [2.24, 2.45) is 0 Å². The highest BCUT2D eigenvalue weighted by Crippen LogP contribution is 2.16. The number of morpholine rings is 1. The van der Waals surface area contributed by atoms with E-state index in [1.54, 1.807) is 6.20 Å². The van der Waals surface area contributed by atoms with E-state index in [4.69, 9.17) is 9.47 Å². The van der Waals surface area contributed by atoms with E-state index in [1.807, 2.05) is 10.9 Å². The summed E-state index contributed by atoms with van der Waals surface area (Å²) in [5.41, 5.74) is 0.588. The lowest BCUT2D eigenvalue weighted by atomic mass is 10.0. The van der Waals surface area contributed by atoms with Crippen LogP contribution >= 0.6 is 0 Å². The lowest BCUT2D eigenvalue weighted by Gasteiger charge is -2.40. The van der Waals surface area contributed by atoms with Crippen molar-refractivity contribution < 1.29 is 14.3 Å². The second-order valence-corrected chi connectivity index (χ2v) is 7.31. The number of carbonyl (C=O) groups excluding carboxylic acids is 1. The Morgan fingerprint density at radius 1 is 1.36 bits per heavy atom. The standard InChI is InChI=1S/C17H29N5O3/c1-17(2,21-5-8-24-9-6-21)13-18-16(23)20-14-10-19-22(11-14)12-15-4-3-7-25-15/h10-11,15H,3-9,12-13H2,1-2H3,(H2,18,20,23). The summed E-state index contributed by atoms with van der Waals surface area (Å²) in [6, 6.07) is -0.210. The molecule has 0 aliphatic carbocycles. The third kappa shape index (κ3) is 5.17. The van der Waals surface area contributed by atoms with Gasteiger partial charge in [-0.15, -0.1) is 0 Å². The smallest absolute Gasteiger partial charge is 0.319 e. The molecule has 8 heteroatoms. The lowest BCUT2D eigenvalue weighted by Crippen LogP contribution is -2.55. The van der Waals surface area contributed by atoms with Gasteiger partial charge in [-0.2, -0.15) is 5.10 Å². The van der Waals surface area contributed by atoms with Crippen LogP contribution in [0.15, 0.2) is 12.4 Å². The minimum atomic E-state index is -0.210. The van der Waals surface area contributed by atoms with Gasteiger partial charge < -0.3 is 20.1 Å². The number of nitrogens with zero attached hydrogens (tertiary/aromatic N) is 3. The van der Waals surface area contributed by atoms with Crippen molar-refractivity contribution in [3.05, 3.63) is 12.4 Å². The van der Waals surface area contributed by atoms with Gasteiger partial charge in [-0.05, 0) is 26.7 Å². The Balaban J connectivity index is 1.43. The van der Waals surface area contributed by atoms with Crippen molar-refractivity contribution in [2.45, 2.75) is 44.9 Å². The molecule has 1 aromatic heterocycles. The number of amides is 2. The summed E-state index contributed by atoms with van der Waals surface area (Å²) < 4.78 is 12.8. The predicted octanol–water partition coefficient (Wildman–Crippen LogP) is 1.29. The topological polar surface area (TPSA) is 80.7 Å². The first-order valence-corrected chi connectivity index (χ1v) is 9.05. The molecule has 140 valence electrons. The number of urea groups is 1. The third-order valence-electron chi connectivity index (χ3n) is 4.85. The zero-order chi connectivity index (χ0) is 17.7. The number of carbonyl (C=O) groups is 1. The number of nitrogens with one attached hydrogen (secondary N) is 2. The molecule has 25 heavy (non-hydrogen) atoms. The summed E-state index contributed by atoms with van der Waals surface area (Å²) in [4.78, 5) is 14.5. The number of aromatic nitrogens is 2. The summed E-state index contributed by atoms with van der Waals surface area (Å²) >= 11 is 0. The van der Waals surface area contributed by atoms with Gasteiger partial charge in [-0.3, -0.25) is 9.58 Å². The zero-order valence-corrected chi connectivity index (χ0v) is 15.2. The summed E-state index contributed by atoms with van der Waals surface area (Å²) in [6.45, 7) is 9.70. The van der Waals surface area contributed by atoms with Crippen molar-refractivity contribution in [1.29, 1.82) is 0 Å². The van der Waals surface area contributed by atoms with Crippen LogP contribution in [0.3, 0.4) is 0 Å². The van der Waals surface area contributed by atoms with Gasteiger partial charge in [0.05, 0.1) is 37.7 Å². The molecule has 0 saturated carbocycles. The van der Waals surface area contributed by atoms with Crippen molar-refractivity contribution in [1.82, 2.24) is 20.0 Å². The fourth-order valence-electron chi connectivity index (χ4n) is 3.28. The van der Waals surface area contributed by atoms with Crippen molar-refractivity contribution in [2.75, 3.05) is 44.8 Å². The molecule has 1 atom stereocenters. The molecule has 0 spiro atoms. The van der Waals surface area contributed by atoms with Crippen LogP contribution in [0, 0.1) is 0 Å². The van der Waals surface area contributed by atoms with E-state index in [0.717, 1.165) is 52.3 Å². The Morgan fingerprint density at radius 3 is 2.88 bits per heavy atom. The van der Waals surface area contributed by atoms with Gasteiger partial charge >= 0.3 is 6.03 Å². The first kappa shape index (κ1) is 18.2. The van der Waals surface area contributed by atoms with E-state index in [9.17, 15) is 4.79 Å². The molecule has 2 aliphatic heterocycles. The molecule has 2 fully saturated rings. The number of hydrogen-bond donors (Lipinski definition) is 2. The Labute approximate surface area is 148 Å². The summed E-state index contributed by atoms with van der Waals surface area (Å²) in [6.07, 6.45) is 5.92. The normalized spacial score (nSPS) is 22.1. The van der Waals surface area contributed by atoms with Gasteiger partial charge in [0.25, 0.3) is 0 Å². The number of anilines is 1. The molecule has 0 aromatic carbocycles. The monoisotopic (exact) mass is 351 g/mol. The van der Waals surface area contributed by atoms with E-state index in [0.29, 0.717) is 12.2 Å². The van der Waals surface area contributed by atoms with E-state index in [2.05, 4.69) is 34.5 Å². The van der Waals surface area contributed by atoms with Crippen LogP contribution in [-0.4, -0.2) is 71.8 Å². The van der Waals surface area contributed by atoms with Gasteiger partial charge in [-0.25, -0.2) is 4.79 Å². The van der Waals surface area contributed by atoms with Crippen LogP contribution in [0.5, 0.6) is 0 Å². The van der Waals surface area contributed by atoms with E-state index < -0.39 is 0 Å². The third-order valence-corrected chi connectivity index (χ3v) is 4.85. The molecule has 0 bridgehead atoms. The second kappa shape index (κ2) is 8.16. The number of ether oxygens (including phenoxy) is 2. The molecule has 2 amide bonds. The Kier molecular flexibility index (Phi) is 5.93. The molecule has 2 aliphatic rings. The first-order chi connectivity index (χ1) is 12.0.